The summed E-state index contributed by atoms with van der Waals surface area (Å²) in [6, 6.07) is 5.89. The van der Waals surface area contributed by atoms with Crippen molar-refractivity contribution in [2.24, 2.45) is 0 Å². The number of nitrogens with one attached hydrogen (secondary N) is 1. The second-order valence-corrected chi connectivity index (χ2v) is 4.83. The monoisotopic (exact) mass is 291 g/mol. The molecular weight excluding hydrogens is 273 g/mol. The Hall–Kier alpha value is -2.37. The maximum absolute atomic E-state index is 13.0. The molecule has 112 valence electrons. The van der Waals surface area contributed by atoms with Gasteiger partial charge in [0.05, 0.1) is 0 Å². The molecule has 6 heteroatoms. The van der Waals surface area contributed by atoms with E-state index < -0.39 is 0 Å². The molecule has 5 nitrogen and oxygen atoms in total. The van der Waals surface area contributed by atoms with Gasteiger partial charge < -0.3 is 15.1 Å². The van der Waals surface area contributed by atoms with E-state index in [0.29, 0.717) is 31.7 Å². The van der Waals surface area contributed by atoms with Gasteiger partial charge in [-0.1, -0.05) is 12.1 Å². The molecule has 1 aliphatic rings. The third-order valence-electron chi connectivity index (χ3n) is 3.34. The van der Waals surface area contributed by atoms with Crippen LogP contribution in [0.25, 0.3) is 6.08 Å². The molecule has 0 radical (unpaired) electrons. The van der Waals surface area contributed by atoms with Crippen molar-refractivity contribution in [3.05, 3.63) is 41.8 Å². The van der Waals surface area contributed by atoms with Crippen molar-refractivity contribution in [1.82, 2.24) is 15.1 Å². The first kappa shape index (κ1) is 15.0. The van der Waals surface area contributed by atoms with Crippen molar-refractivity contribution in [2.75, 3.05) is 26.2 Å². The Kier molecular flexibility index (Phi) is 4.92. The Morgan fingerprint density at radius 1 is 1.19 bits per heavy atom. The minimum Gasteiger partial charge on any atom is -0.339 e. The third-order valence-corrected chi connectivity index (χ3v) is 3.34. The second-order valence-electron chi connectivity index (χ2n) is 4.83. The fourth-order valence-electron chi connectivity index (χ4n) is 2.14. The number of carbonyl (C=O) groups excluding carboxylic acids is 2. The molecule has 0 saturated carbocycles. The SMILES string of the molecule is CC(=O)N1CCN(C(=O)N/C=C/c2cccc(F)c2)CC1. The summed E-state index contributed by atoms with van der Waals surface area (Å²) in [5.74, 6) is -0.287. The van der Waals surface area contributed by atoms with Gasteiger partial charge in [0.2, 0.25) is 5.91 Å². The molecule has 0 aliphatic carbocycles. The molecule has 0 unspecified atom stereocenters. The summed E-state index contributed by atoms with van der Waals surface area (Å²) < 4.78 is 13.0. The number of hydrogen-bond acceptors (Lipinski definition) is 2. The zero-order chi connectivity index (χ0) is 15.2. The van der Waals surface area contributed by atoms with E-state index in [2.05, 4.69) is 5.32 Å². The van der Waals surface area contributed by atoms with E-state index in [4.69, 9.17) is 0 Å². The van der Waals surface area contributed by atoms with Crippen molar-refractivity contribution in [3.63, 3.8) is 0 Å². The number of halogens is 1. The number of benzene rings is 1. The van der Waals surface area contributed by atoms with Gasteiger partial charge in [-0.05, 0) is 23.8 Å². The predicted octanol–water partition coefficient (Wildman–Crippen LogP) is 1.67. The summed E-state index contributed by atoms with van der Waals surface area (Å²) in [5, 5.41) is 2.64. The molecule has 0 bridgehead atoms. The van der Waals surface area contributed by atoms with Crippen molar-refractivity contribution >= 4 is 18.0 Å². The van der Waals surface area contributed by atoms with Gasteiger partial charge in [0.25, 0.3) is 0 Å². The molecular formula is C15H18FN3O2. The lowest BCUT2D eigenvalue weighted by Crippen LogP contribution is -2.52. The molecule has 0 atom stereocenters. The molecule has 2 rings (SSSR count). The number of piperazine rings is 1. The maximum Gasteiger partial charge on any atom is 0.321 e. The predicted molar refractivity (Wildman–Crippen MR) is 77.8 cm³/mol. The van der Waals surface area contributed by atoms with Crippen LogP contribution in [0.5, 0.6) is 0 Å². The van der Waals surface area contributed by atoms with E-state index in [9.17, 15) is 14.0 Å². The lowest BCUT2D eigenvalue weighted by Gasteiger charge is -2.33. The summed E-state index contributed by atoms with van der Waals surface area (Å²) in [5.41, 5.74) is 0.677. The summed E-state index contributed by atoms with van der Waals surface area (Å²) >= 11 is 0. The van der Waals surface area contributed by atoms with Gasteiger partial charge >= 0.3 is 6.03 Å². The Balaban J connectivity index is 1.81. The number of nitrogens with zero attached hydrogens (tertiary/aromatic N) is 2. The summed E-state index contributed by atoms with van der Waals surface area (Å²) in [7, 11) is 0. The van der Waals surface area contributed by atoms with Crippen LogP contribution in [0.15, 0.2) is 30.5 Å². The summed E-state index contributed by atoms with van der Waals surface area (Å²) in [6.07, 6.45) is 3.13. The van der Waals surface area contributed by atoms with Crippen molar-refractivity contribution < 1.29 is 14.0 Å². The second kappa shape index (κ2) is 6.88. The average molecular weight is 291 g/mol. The van der Waals surface area contributed by atoms with Crippen LogP contribution >= 0.6 is 0 Å². The largest absolute Gasteiger partial charge is 0.339 e. The molecule has 1 aromatic carbocycles. The lowest BCUT2D eigenvalue weighted by molar-refractivity contribution is -0.130. The van der Waals surface area contributed by atoms with Crippen LogP contribution in [0.3, 0.4) is 0 Å². The zero-order valence-electron chi connectivity index (χ0n) is 11.9. The van der Waals surface area contributed by atoms with Crippen LogP contribution in [-0.2, 0) is 4.79 Å². The van der Waals surface area contributed by atoms with Crippen LogP contribution < -0.4 is 5.32 Å². The maximum atomic E-state index is 13.0. The number of amides is 3. The molecule has 1 N–H and O–H groups in total. The first-order valence-corrected chi connectivity index (χ1v) is 6.79. The molecule has 0 spiro atoms. The van der Waals surface area contributed by atoms with Crippen molar-refractivity contribution in [3.8, 4) is 0 Å². The van der Waals surface area contributed by atoms with Gasteiger partial charge in [0.15, 0.2) is 0 Å². The highest BCUT2D eigenvalue weighted by Gasteiger charge is 2.21. The fourth-order valence-corrected chi connectivity index (χ4v) is 2.14. The normalized spacial score (nSPS) is 15.3. The lowest BCUT2D eigenvalue weighted by atomic mass is 10.2. The number of hydrogen-bond donors (Lipinski definition) is 1. The van der Waals surface area contributed by atoms with Crippen LogP contribution in [0, 0.1) is 5.82 Å². The molecule has 1 aromatic rings. The van der Waals surface area contributed by atoms with E-state index in [1.165, 1.54) is 25.3 Å². The molecule has 1 heterocycles. The van der Waals surface area contributed by atoms with Crippen LogP contribution in [0.2, 0.25) is 0 Å². The van der Waals surface area contributed by atoms with Gasteiger partial charge in [0.1, 0.15) is 5.82 Å². The first-order chi connectivity index (χ1) is 10.1. The number of rotatable bonds is 2. The van der Waals surface area contributed by atoms with Crippen molar-refractivity contribution in [1.29, 1.82) is 0 Å². The van der Waals surface area contributed by atoms with E-state index in [-0.39, 0.29) is 17.8 Å². The van der Waals surface area contributed by atoms with E-state index in [0.717, 1.165) is 0 Å². The van der Waals surface area contributed by atoms with Crippen LogP contribution in [0.1, 0.15) is 12.5 Å². The Labute approximate surface area is 123 Å². The van der Waals surface area contributed by atoms with Gasteiger partial charge in [-0.3, -0.25) is 4.79 Å². The quantitative estimate of drug-likeness (QED) is 0.901. The molecule has 0 aromatic heterocycles. The fraction of sp³-hybridized carbons (Fsp3) is 0.333. The molecule has 21 heavy (non-hydrogen) atoms. The average Bonchev–Trinajstić information content (AvgIpc) is 2.47. The standard InChI is InChI=1S/C15H18FN3O2/c1-12(20)18-7-9-19(10-8-18)15(21)17-6-5-13-3-2-4-14(16)11-13/h2-6,11H,7-10H2,1H3,(H,17,21)/b6-5+. The van der Waals surface area contributed by atoms with Gasteiger partial charge in [-0.15, -0.1) is 0 Å². The van der Waals surface area contributed by atoms with Gasteiger partial charge in [0, 0.05) is 39.3 Å². The number of urea groups is 1. The minimum atomic E-state index is -0.316. The van der Waals surface area contributed by atoms with Crippen LogP contribution in [-0.4, -0.2) is 47.9 Å². The minimum absolute atomic E-state index is 0.0288. The van der Waals surface area contributed by atoms with Gasteiger partial charge in [-0.2, -0.15) is 0 Å². The molecule has 1 fully saturated rings. The van der Waals surface area contributed by atoms with Crippen LogP contribution in [0.4, 0.5) is 9.18 Å². The first-order valence-electron chi connectivity index (χ1n) is 6.79. The highest BCUT2D eigenvalue weighted by molar-refractivity contribution is 5.77. The van der Waals surface area contributed by atoms with Crippen molar-refractivity contribution in [2.45, 2.75) is 6.92 Å². The van der Waals surface area contributed by atoms with E-state index >= 15 is 0 Å². The third kappa shape index (κ3) is 4.30. The van der Waals surface area contributed by atoms with Gasteiger partial charge in [-0.25, -0.2) is 9.18 Å². The topological polar surface area (TPSA) is 52.7 Å². The number of carbonyl (C=O) groups is 2. The molecule has 1 saturated heterocycles. The zero-order valence-corrected chi connectivity index (χ0v) is 11.9. The highest BCUT2D eigenvalue weighted by atomic mass is 19.1. The molecule has 3 amide bonds. The Morgan fingerprint density at radius 2 is 1.86 bits per heavy atom. The smallest absolute Gasteiger partial charge is 0.321 e. The summed E-state index contributed by atoms with van der Waals surface area (Å²) in [4.78, 5) is 26.5. The van der Waals surface area contributed by atoms with E-state index in [1.807, 2.05) is 0 Å². The Bertz CT molecular complexity index is 552. The Morgan fingerprint density at radius 3 is 2.48 bits per heavy atom. The van der Waals surface area contributed by atoms with E-state index in [1.54, 1.807) is 28.0 Å². The molecule has 1 aliphatic heterocycles. The highest BCUT2D eigenvalue weighted by Crippen LogP contribution is 2.05. The summed E-state index contributed by atoms with van der Waals surface area (Å²) in [6.45, 7) is 3.66.